The Morgan fingerprint density at radius 3 is 2.50 bits per heavy atom. The fourth-order valence-electron chi connectivity index (χ4n) is 1.09. The van der Waals surface area contributed by atoms with Crippen molar-refractivity contribution in [2.45, 2.75) is 26.2 Å². The number of benzene rings is 1. The van der Waals surface area contributed by atoms with Gasteiger partial charge < -0.3 is 5.11 Å². The molecule has 0 aliphatic rings. The van der Waals surface area contributed by atoms with Gasteiger partial charge in [0.05, 0.1) is 0 Å². The minimum atomic E-state index is 0. The zero-order valence-corrected chi connectivity index (χ0v) is 6.88. The third kappa shape index (κ3) is 3.61. The van der Waals surface area contributed by atoms with Crippen molar-refractivity contribution in [2.24, 2.45) is 0 Å². The molecule has 0 aliphatic carbocycles. The van der Waals surface area contributed by atoms with Gasteiger partial charge in [-0.05, 0) is 24.5 Å². The number of rotatable bonds is 3. The van der Waals surface area contributed by atoms with Crippen molar-refractivity contribution in [3.63, 3.8) is 0 Å². The van der Waals surface area contributed by atoms with Gasteiger partial charge in [0.1, 0.15) is 5.75 Å². The molecule has 1 rings (SSSR count). The zero-order chi connectivity index (χ0) is 8.10. The summed E-state index contributed by atoms with van der Waals surface area (Å²) in [4.78, 5) is 0. The first-order chi connectivity index (χ1) is 5.34. The number of phenolic OH excluding ortho intramolecular Hbond substituents is 1. The van der Waals surface area contributed by atoms with Crippen molar-refractivity contribution in [3.05, 3.63) is 29.8 Å². The summed E-state index contributed by atoms with van der Waals surface area (Å²) in [5, 5.41) is 9.34. The molecule has 2 heteroatoms. The van der Waals surface area contributed by atoms with Gasteiger partial charge in [-0.1, -0.05) is 31.5 Å². The van der Waals surface area contributed by atoms with Gasteiger partial charge in [-0.3, -0.25) is 0 Å². The Morgan fingerprint density at radius 2 is 1.92 bits per heavy atom. The molecule has 0 saturated heterocycles. The second kappa shape index (κ2) is 6.53. The van der Waals surface area contributed by atoms with E-state index in [0.29, 0.717) is 5.75 Å². The van der Waals surface area contributed by atoms with Crippen molar-refractivity contribution < 1.29 is 5.11 Å². The van der Waals surface area contributed by atoms with E-state index in [9.17, 15) is 5.11 Å². The number of para-hydroxylation sites is 1. The second-order valence-corrected chi connectivity index (χ2v) is 2.73. The molecule has 0 unspecified atom stereocenters. The summed E-state index contributed by atoms with van der Waals surface area (Å²) in [7, 11) is 0. The van der Waals surface area contributed by atoms with Crippen LogP contribution in [0.3, 0.4) is 0 Å². The normalized spacial score (nSPS) is 9.08. The van der Waals surface area contributed by atoms with Crippen LogP contribution < -0.4 is 0 Å². The average Bonchev–Trinajstić information content (AvgIpc) is 2.03. The maximum atomic E-state index is 9.34. The molecule has 1 aromatic carbocycles. The van der Waals surface area contributed by atoms with Gasteiger partial charge in [-0.15, -0.1) is 0 Å². The monoisotopic (exact) mass is 174 g/mol. The van der Waals surface area contributed by atoms with Crippen LogP contribution in [0.15, 0.2) is 24.3 Å². The number of phenols is 1. The van der Waals surface area contributed by atoms with Gasteiger partial charge >= 0.3 is 29.6 Å². The van der Waals surface area contributed by atoms with Gasteiger partial charge in [0.25, 0.3) is 0 Å². The molecule has 1 N–H and O–H groups in total. The van der Waals surface area contributed by atoms with Crippen molar-refractivity contribution in [3.8, 4) is 5.75 Å². The molecule has 0 spiro atoms. The van der Waals surface area contributed by atoms with E-state index in [4.69, 9.17) is 0 Å². The van der Waals surface area contributed by atoms with Crippen molar-refractivity contribution in [2.75, 3.05) is 0 Å². The van der Waals surface area contributed by atoms with Gasteiger partial charge in [-0.2, -0.15) is 0 Å². The molecule has 0 fully saturated rings. The molecular weight excluding hydrogens is 159 g/mol. The minimum absolute atomic E-state index is 0. The van der Waals surface area contributed by atoms with Crippen LogP contribution in [-0.4, -0.2) is 34.7 Å². The van der Waals surface area contributed by atoms with Crippen LogP contribution in [0, 0.1) is 0 Å². The third-order valence-electron chi connectivity index (χ3n) is 1.79. The molecule has 0 aromatic heterocycles. The van der Waals surface area contributed by atoms with E-state index in [2.05, 4.69) is 6.92 Å². The number of hydrogen-bond acceptors (Lipinski definition) is 1. The second-order valence-electron chi connectivity index (χ2n) is 2.73. The molecule has 0 aliphatic heterocycles. The molecule has 0 saturated carbocycles. The van der Waals surface area contributed by atoms with E-state index in [1.54, 1.807) is 6.07 Å². The molecule has 0 radical (unpaired) electrons. The molecule has 62 valence electrons. The fraction of sp³-hybridized carbons (Fsp3) is 0.400. The molecule has 12 heavy (non-hydrogen) atoms. The van der Waals surface area contributed by atoms with Crippen molar-refractivity contribution in [1.29, 1.82) is 0 Å². The van der Waals surface area contributed by atoms with Gasteiger partial charge in [0, 0.05) is 0 Å². The van der Waals surface area contributed by atoms with E-state index >= 15 is 0 Å². The molecular formula is C10H15NaO. The van der Waals surface area contributed by atoms with Gasteiger partial charge in [0.2, 0.25) is 0 Å². The molecule has 1 aromatic rings. The summed E-state index contributed by atoms with van der Waals surface area (Å²) in [6.07, 6.45) is 3.31. The van der Waals surface area contributed by atoms with Crippen molar-refractivity contribution >= 4 is 29.6 Å². The predicted molar refractivity (Wildman–Crippen MR) is 53.9 cm³/mol. The summed E-state index contributed by atoms with van der Waals surface area (Å²) in [6, 6.07) is 7.53. The standard InChI is InChI=1S/C10H14O.Na.H/c1-2-3-6-9-7-4-5-8-10(9)11;;/h4-5,7-8,11H,2-3,6H2,1H3;;. The number of aromatic hydroxyl groups is 1. The van der Waals surface area contributed by atoms with E-state index < -0.39 is 0 Å². The predicted octanol–water partition coefficient (Wildman–Crippen LogP) is 2.09. The number of unbranched alkanes of at least 4 members (excludes halogenated alkanes) is 1. The summed E-state index contributed by atoms with van der Waals surface area (Å²) >= 11 is 0. The molecule has 0 atom stereocenters. The van der Waals surface area contributed by atoms with Crippen molar-refractivity contribution in [1.82, 2.24) is 0 Å². The Hall–Kier alpha value is 0.0200. The Bertz CT molecular complexity index is 223. The molecule has 1 nitrogen and oxygen atoms in total. The summed E-state index contributed by atoms with van der Waals surface area (Å²) < 4.78 is 0. The topological polar surface area (TPSA) is 20.2 Å². The summed E-state index contributed by atoms with van der Waals surface area (Å²) in [6.45, 7) is 2.15. The molecule has 0 bridgehead atoms. The van der Waals surface area contributed by atoms with Gasteiger partial charge in [-0.25, -0.2) is 0 Å². The van der Waals surface area contributed by atoms with E-state index in [-0.39, 0.29) is 29.6 Å². The number of hydrogen-bond donors (Lipinski definition) is 1. The summed E-state index contributed by atoms with van der Waals surface area (Å²) in [5.74, 6) is 0.431. The van der Waals surface area contributed by atoms with Crippen LogP contribution in [0.2, 0.25) is 0 Å². The van der Waals surface area contributed by atoms with Crippen LogP contribution in [0.5, 0.6) is 5.75 Å². The first-order valence-corrected chi connectivity index (χ1v) is 4.11. The maximum absolute atomic E-state index is 9.34. The van der Waals surface area contributed by atoms with Crippen LogP contribution >= 0.6 is 0 Å². The third-order valence-corrected chi connectivity index (χ3v) is 1.79. The first kappa shape index (κ1) is 12.0. The Morgan fingerprint density at radius 1 is 1.25 bits per heavy atom. The molecule has 0 amide bonds. The Balaban J connectivity index is 0.00000121. The van der Waals surface area contributed by atoms with Crippen LogP contribution in [0.4, 0.5) is 0 Å². The van der Waals surface area contributed by atoms with Gasteiger partial charge in [0.15, 0.2) is 0 Å². The summed E-state index contributed by atoms with van der Waals surface area (Å²) in [5.41, 5.74) is 1.06. The van der Waals surface area contributed by atoms with E-state index in [1.165, 1.54) is 6.42 Å². The fourth-order valence-corrected chi connectivity index (χ4v) is 1.09. The van der Waals surface area contributed by atoms with Crippen LogP contribution in [-0.2, 0) is 6.42 Å². The number of aryl methyl sites for hydroxylation is 1. The Labute approximate surface area is 96.1 Å². The first-order valence-electron chi connectivity index (χ1n) is 4.11. The molecule has 0 heterocycles. The Kier molecular flexibility index (Phi) is 6.54. The SMILES string of the molecule is CCCCc1ccccc1O.[NaH]. The average molecular weight is 174 g/mol. The van der Waals surface area contributed by atoms with E-state index in [1.807, 2.05) is 18.2 Å². The quantitative estimate of drug-likeness (QED) is 0.696. The van der Waals surface area contributed by atoms with Crippen LogP contribution in [0.1, 0.15) is 25.3 Å². The zero-order valence-electron chi connectivity index (χ0n) is 6.88. The van der Waals surface area contributed by atoms with E-state index in [0.717, 1.165) is 18.4 Å². The van der Waals surface area contributed by atoms with Crippen LogP contribution in [0.25, 0.3) is 0 Å².